The summed E-state index contributed by atoms with van der Waals surface area (Å²) in [4.78, 5) is 14.2. The third-order valence-electron chi connectivity index (χ3n) is 2.12. The van der Waals surface area contributed by atoms with Crippen LogP contribution >= 0.6 is 28.1 Å². The standard InChI is InChI=1S/C10H9BrN2O2S/c1-6-3-8(7(2)11)4-9(13(14)15)10(6)12-5-16/h3-4,7H,1-2H3. The zero-order valence-electron chi connectivity index (χ0n) is 8.73. The van der Waals surface area contributed by atoms with Crippen molar-refractivity contribution in [3.8, 4) is 0 Å². The molecule has 16 heavy (non-hydrogen) atoms. The van der Waals surface area contributed by atoms with Gasteiger partial charge in [-0.1, -0.05) is 22.0 Å². The molecule has 1 atom stereocenters. The summed E-state index contributed by atoms with van der Waals surface area (Å²) in [5.41, 5.74) is 1.79. The molecule has 0 amide bonds. The maximum Gasteiger partial charge on any atom is 0.296 e. The van der Waals surface area contributed by atoms with Gasteiger partial charge < -0.3 is 0 Å². The third-order valence-corrected chi connectivity index (χ3v) is 2.74. The van der Waals surface area contributed by atoms with Crippen molar-refractivity contribution in [3.05, 3.63) is 33.4 Å². The number of benzene rings is 1. The highest BCUT2D eigenvalue weighted by Crippen LogP contribution is 2.35. The van der Waals surface area contributed by atoms with Crippen molar-refractivity contribution in [1.29, 1.82) is 0 Å². The van der Waals surface area contributed by atoms with Crippen molar-refractivity contribution < 1.29 is 4.92 Å². The molecule has 0 aliphatic heterocycles. The number of nitrogens with zero attached hydrogens (tertiary/aromatic N) is 2. The SMILES string of the molecule is Cc1cc(C(C)Br)cc([N+](=O)[O-])c1N=C=S. The van der Waals surface area contributed by atoms with Crippen LogP contribution in [0.5, 0.6) is 0 Å². The van der Waals surface area contributed by atoms with E-state index in [0.717, 1.165) is 5.56 Å². The van der Waals surface area contributed by atoms with Crippen molar-refractivity contribution >= 4 is 44.7 Å². The second-order valence-corrected chi connectivity index (χ2v) is 4.84. The maximum absolute atomic E-state index is 10.9. The summed E-state index contributed by atoms with van der Waals surface area (Å²) in [6, 6.07) is 3.34. The van der Waals surface area contributed by atoms with Gasteiger partial charge in [0.25, 0.3) is 5.69 Å². The average Bonchev–Trinajstić information content (AvgIpc) is 2.20. The topological polar surface area (TPSA) is 55.5 Å². The molecule has 0 fully saturated rings. The van der Waals surface area contributed by atoms with Gasteiger partial charge in [0.05, 0.1) is 10.1 Å². The van der Waals surface area contributed by atoms with Crippen LogP contribution in [0.3, 0.4) is 0 Å². The Labute approximate surface area is 107 Å². The molecule has 0 aliphatic rings. The number of rotatable bonds is 3. The first-order valence-electron chi connectivity index (χ1n) is 4.48. The highest BCUT2D eigenvalue weighted by atomic mass is 79.9. The lowest BCUT2D eigenvalue weighted by atomic mass is 10.1. The quantitative estimate of drug-likeness (QED) is 0.278. The fourth-order valence-electron chi connectivity index (χ4n) is 1.35. The van der Waals surface area contributed by atoms with Gasteiger partial charge in [-0.05, 0) is 37.2 Å². The maximum atomic E-state index is 10.9. The van der Waals surface area contributed by atoms with Crippen LogP contribution in [0.25, 0.3) is 0 Å². The molecule has 0 heterocycles. The lowest BCUT2D eigenvalue weighted by Crippen LogP contribution is -1.94. The summed E-state index contributed by atoms with van der Waals surface area (Å²) in [5.74, 6) is 0. The van der Waals surface area contributed by atoms with Crippen LogP contribution in [0, 0.1) is 17.0 Å². The molecule has 0 N–H and O–H groups in total. The van der Waals surface area contributed by atoms with Crippen LogP contribution in [0.2, 0.25) is 0 Å². The van der Waals surface area contributed by atoms with E-state index in [-0.39, 0.29) is 16.2 Å². The Kier molecular flexibility index (Phi) is 4.29. The molecular formula is C10H9BrN2O2S. The number of hydrogen-bond acceptors (Lipinski definition) is 4. The minimum atomic E-state index is -0.461. The summed E-state index contributed by atoms with van der Waals surface area (Å²) in [7, 11) is 0. The number of nitro groups is 1. The first kappa shape index (κ1) is 13.0. The van der Waals surface area contributed by atoms with E-state index in [1.54, 1.807) is 6.92 Å². The summed E-state index contributed by atoms with van der Waals surface area (Å²) in [6.07, 6.45) is 0. The summed E-state index contributed by atoms with van der Waals surface area (Å²) in [5, 5.41) is 13.1. The van der Waals surface area contributed by atoms with Crippen LogP contribution in [0.15, 0.2) is 17.1 Å². The molecule has 6 heteroatoms. The lowest BCUT2D eigenvalue weighted by molar-refractivity contribution is -0.384. The molecule has 84 valence electrons. The number of aliphatic imine (C=N–C) groups is 1. The monoisotopic (exact) mass is 300 g/mol. The Morgan fingerprint density at radius 3 is 2.69 bits per heavy atom. The number of thiocarbonyl (C=S) groups is 1. The van der Waals surface area contributed by atoms with Crippen LogP contribution in [0.4, 0.5) is 11.4 Å². The molecule has 1 aromatic carbocycles. The molecule has 0 saturated heterocycles. The molecule has 0 radical (unpaired) electrons. The van der Waals surface area contributed by atoms with Gasteiger partial charge in [0, 0.05) is 10.9 Å². The molecule has 4 nitrogen and oxygen atoms in total. The van der Waals surface area contributed by atoms with Crippen molar-refractivity contribution in [2.45, 2.75) is 18.7 Å². The Hall–Kier alpha value is -1.10. The molecule has 1 aromatic rings. The Bertz CT molecular complexity index is 482. The van der Waals surface area contributed by atoms with Crippen LogP contribution in [0.1, 0.15) is 22.9 Å². The molecule has 0 aliphatic carbocycles. The van der Waals surface area contributed by atoms with E-state index in [1.807, 2.05) is 13.0 Å². The Morgan fingerprint density at radius 2 is 2.25 bits per heavy atom. The summed E-state index contributed by atoms with van der Waals surface area (Å²) in [6.45, 7) is 3.66. The summed E-state index contributed by atoms with van der Waals surface area (Å²) < 4.78 is 0. The van der Waals surface area contributed by atoms with E-state index >= 15 is 0 Å². The molecular weight excluding hydrogens is 292 g/mol. The highest BCUT2D eigenvalue weighted by Gasteiger charge is 2.18. The smallest absolute Gasteiger partial charge is 0.258 e. The first-order chi connectivity index (χ1) is 7.47. The number of nitro benzene ring substituents is 1. The predicted molar refractivity (Wildman–Crippen MR) is 69.9 cm³/mol. The van der Waals surface area contributed by atoms with E-state index in [9.17, 15) is 10.1 Å². The van der Waals surface area contributed by atoms with E-state index in [2.05, 4.69) is 38.3 Å². The molecule has 1 rings (SSSR count). The van der Waals surface area contributed by atoms with Gasteiger partial charge in [-0.3, -0.25) is 10.1 Å². The number of hydrogen-bond donors (Lipinski definition) is 0. The largest absolute Gasteiger partial charge is 0.296 e. The zero-order chi connectivity index (χ0) is 12.3. The van der Waals surface area contributed by atoms with Crippen LogP contribution in [-0.2, 0) is 0 Å². The fraction of sp³-hybridized carbons (Fsp3) is 0.300. The second-order valence-electron chi connectivity index (χ2n) is 3.28. The molecule has 0 spiro atoms. The van der Waals surface area contributed by atoms with Gasteiger partial charge in [-0.15, -0.1) is 0 Å². The van der Waals surface area contributed by atoms with E-state index < -0.39 is 4.92 Å². The number of aryl methyl sites for hydroxylation is 1. The minimum absolute atomic E-state index is 0.0429. The van der Waals surface area contributed by atoms with Gasteiger partial charge in [0.15, 0.2) is 5.69 Å². The molecule has 0 bridgehead atoms. The number of alkyl halides is 1. The van der Waals surface area contributed by atoms with Gasteiger partial charge in [0.2, 0.25) is 0 Å². The minimum Gasteiger partial charge on any atom is -0.258 e. The summed E-state index contributed by atoms with van der Waals surface area (Å²) >= 11 is 7.85. The molecule has 1 unspecified atom stereocenters. The van der Waals surface area contributed by atoms with Gasteiger partial charge in [-0.2, -0.15) is 4.99 Å². The third kappa shape index (κ3) is 2.72. The number of isothiocyanates is 1. The van der Waals surface area contributed by atoms with Crippen LogP contribution < -0.4 is 0 Å². The van der Waals surface area contributed by atoms with E-state index in [4.69, 9.17) is 0 Å². The van der Waals surface area contributed by atoms with Crippen molar-refractivity contribution in [1.82, 2.24) is 0 Å². The van der Waals surface area contributed by atoms with E-state index in [1.165, 1.54) is 6.07 Å². The van der Waals surface area contributed by atoms with Gasteiger partial charge in [-0.25, -0.2) is 0 Å². The predicted octanol–water partition coefficient (Wildman–Crippen LogP) is 4.09. The first-order valence-corrected chi connectivity index (χ1v) is 5.80. The second kappa shape index (κ2) is 5.30. The Morgan fingerprint density at radius 1 is 1.62 bits per heavy atom. The van der Waals surface area contributed by atoms with E-state index in [0.29, 0.717) is 5.56 Å². The fourth-order valence-corrected chi connectivity index (χ4v) is 1.70. The van der Waals surface area contributed by atoms with Crippen LogP contribution in [-0.4, -0.2) is 10.1 Å². The average molecular weight is 301 g/mol. The normalized spacial score (nSPS) is 11.7. The van der Waals surface area contributed by atoms with Crippen molar-refractivity contribution in [2.24, 2.45) is 4.99 Å². The lowest BCUT2D eigenvalue weighted by Gasteiger charge is -2.07. The molecule has 0 aromatic heterocycles. The Balaban J connectivity index is 3.51. The molecule has 0 saturated carbocycles. The van der Waals surface area contributed by atoms with Crippen molar-refractivity contribution in [2.75, 3.05) is 0 Å². The highest BCUT2D eigenvalue weighted by molar-refractivity contribution is 9.09. The number of halogens is 1. The van der Waals surface area contributed by atoms with Gasteiger partial charge >= 0.3 is 0 Å². The zero-order valence-corrected chi connectivity index (χ0v) is 11.1. The van der Waals surface area contributed by atoms with Gasteiger partial charge in [0.1, 0.15) is 0 Å². The van der Waals surface area contributed by atoms with Crippen molar-refractivity contribution in [3.63, 3.8) is 0 Å².